The van der Waals surface area contributed by atoms with Crippen LogP contribution in [0.4, 0.5) is 5.82 Å². The quantitative estimate of drug-likeness (QED) is 0.910. The third kappa shape index (κ3) is 3.15. The van der Waals surface area contributed by atoms with Gasteiger partial charge in [0.25, 0.3) is 0 Å². The van der Waals surface area contributed by atoms with Gasteiger partial charge in [0.15, 0.2) is 0 Å². The van der Waals surface area contributed by atoms with Crippen LogP contribution in [0.1, 0.15) is 42.7 Å². The maximum atomic E-state index is 4.53. The molecule has 0 bridgehead atoms. The molecule has 2 rings (SSSR count). The van der Waals surface area contributed by atoms with Crippen molar-refractivity contribution in [3.05, 3.63) is 35.0 Å². The fourth-order valence-corrected chi connectivity index (χ4v) is 2.33. The number of hydrogen-bond donors (Lipinski definition) is 1. The Kier molecular flexibility index (Phi) is 4.37. The molecule has 0 saturated carbocycles. The van der Waals surface area contributed by atoms with Crippen molar-refractivity contribution < 1.29 is 0 Å². The Hall–Kier alpha value is -1.91. The number of aromatic nitrogens is 4. The van der Waals surface area contributed by atoms with E-state index in [0.29, 0.717) is 0 Å². The standard InChI is InChI=1S/C15H23N5/c1-6-14-9-16-13(5)18-15(14)17-8-12(4)20-11(3)7-10(2)19-20/h7,9,12H,6,8H2,1-5H3,(H,16,17,18). The zero-order chi connectivity index (χ0) is 14.7. The Morgan fingerprint density at radius 1 is 1.30 bits per heavy atom. The summed E-state index contributed by atoms with van der Waals surface area (Å²) in [5.74, 6) is 1.73. The summed E-state index contributed by atoms with van der Waals surface area (Å²) in [7, 11) is 0. The first-order valence-corrected chi connectivity index (χ1v) is 7.10. The van der Waals surface area contributed by atoms with Crippen LogP contribution in [0.25, 0.3) is 0 Å². The molecule has 0 spiro atoms. The van der Waals surface area contributed by atoms with Gasteiger partial charge in [0.05, 0.1) is 11.7 Å². The van der Waals surface area contributed by atoms with Gasteiger partial charge in [0.2, 0.25) is 0 Å². The molecule has 2 aromatic rings. The van der Waals surface area contributed by atoms with Gasteiger partial charge in [-0.05, 0) is 40.2 Å². The van der Waals surface area contributed by atoms with E-state index in [1.54, 1.807) is 0 Å². The molecule has 1 unspecified atom stereocenters. The fourth-order valence-electron chi connectivity index (χ4n) is 2.33. The average Bonchev–Trinajstić information content (AvgIpc) is 2.75. The summed E-state index contributed by atoms with van der Waals surface area (Å²) in [5.41, 5.74) is 3.39. The van der Waals surface area contributed by atoms with Crippen LogP contribution in [0.5, 0.6) is 0 Å². The third-order valence-corrected chi connectivity index (χ3v) is 3.39. The van der Waals surface area contributed by atoms with Crippen molar-refractivity contribution in [1.82, 2.24) is 19.7 Å². The normalized spacial score (nSPS) is 12.4. The molecule has 0 aliphatic heterocycles. The van der Waals surface area contributed by atoms with Crippen LogP contribution in [0.3, 0.4) is 0 Å². The molecule has 1 atom stereocenters. The van der Waals surface area contributed by atoms with Gasteiger partial charge < -0.3 is 5.32 Å². The van der Waals surface area contributed by atoms with Gasteiger partial charge in [-0.2, -0.15) is 5.10 Å². The summed E-state index contributed by atoms with van der Waals surface area (Å²) >= 11 is 0. The molecule has 0 aliphatic carbocycles. The first kappa shape index (κ1) is 14.5. The number of nitrogens with zero attached hydrogens (tertiary/aromatic N) is 4. The van der Waals surface area contributed by atoms with Crippen molar-refractivity contribution >= 4 is 5.82 Å². The van der Waals surface area contributed by atoms with Crippen LogP contribution >= 0.6 is 0 Å². The predicted molar refractivity (Wildman–Crippen MR) is 81.0 cm³/mol. The summed E-state index contributed by atoms with van der Waals surface area (Å²) in [6.07, 6.45) is 2.83. The van der Waals surface area contributed by atoms with Gasteiger partial charge >= 0.3 is 0 Å². The Bertz CT molecular complexity index is 588. The smallest absolute Gasteiger partial charge is 0.132 e. The second-order valence-corrected chi connectivity index (χ2v) is 5.25. The Labute approximate surface area is 120 Å². The Balaban J connectivity index is 2.08. The lowest BCUT2D eigenvalue weighted by Gasteiger charge is -2.17. The van der Waals surface area contributed by atoms with Gasteiger partial charge in [-0.1, -0.05) is 6.92 Å². The molecule has 5 heteroatoms. The number of rotatable bonds is 5. The van der Waals surface area contributed by atoms with E-state index in [4.69, 9.17) is 0 Å². The monoisotopic (exact) mass is 273 g/mol. The minimum absolute atomic E-state index is 0.281. The maximum Gasteiger partial charge on any atom is 0.132 e. The van der Waals surface area contributed by atoms with E-state index in [-0.39, 0.29) is 6.04 Å². The lowest BCUT2D eigenvalue weighted by atomic mass is 10.2. The minimum atomic E-state index is 0.281. The van der Waals surface area contributed by atoms with Gasteiger partial charge in [-0.15, -0.1) is 0 Å². The third-order valence-electron chi connectivity index (χ3n) is 3.39. The molecule has 0 radical (unpaired) electrons. The SMILES string of the molecule is CCc1cnc(C)nc1NCC(C)n1nc(C)cc1C. The molecule has 0 saturated heterocycles. The van der Waals surface area contributed by atoms with Crippen molar-refractivity contribution in [2.75, 3.05) is 11.9 Å². The molecule has 20 heavy (non-hydrogen) atoms. The van der Waals surface area contributed by atoms with E-state index in [1.165, 1.54) is 5.69 Å². The summed E-state index contributed by atoms with van der Waals surface area (Å²) in [4.78, 5) is 8.73. The van der Waals surface area contributed by atoms with E-state index >= 15 is 0 Å². The summed E-state index contributed by atoms with van der Waals surface area (Å²) in [6.45, 7) is 11.1. The molecular formula is C15H23N5. The lowest BCUT2D eigenvalue weighted by Crippen LogP contribution is -2.19. The molecule has 2 heterocycles. The molecule has 0 fully saturated rings. The van der Waals surface area contributed by atoms with Gasteiger partial charge in [-0.25, -0.2) is 9.97 Å². The van der Waals surface area contributed by atoms with E-state index in [1.807, 2.05) is 20.0 Å². The zero-order valence-corrected chi connectivity index (χ0v) is 12.9. The van der Waals surface area contributed by atoms with E-state index in [2.05, 4.69) is 51.9 Å². The van der Waals surface area contributed by atoms with Crippen molar-refractivity contribution in [3.63, 3.8) is 0 Å². The van der Waals surface area contributed by atoms with Crippen LogP contribution in [-0.2, 0) is 6.42 Å². The highest BCUT2D eigenvalue weighted by Crippen LogP contribution is 2.15. The molecule has 0 amide bonds. The molecule has 1 N–H and O–H groups in total. The van der Waals surface area contributed by atoms with Crippen LogP contribution in [0, 0.1) is 20.8 Å². The van der Waals surface area contributed by atoms with Crippen molar-refractivity contribution in [2.24, 2.45) is 0 Å². The van der Waals surface area contributed by atoms with Crippen molar-refractivity contribution in [1.29, 1.82) is 0 Å². The second-order valence-electron chi connectivity index (χ2n) is 5.25. The molecule has 0 aromatic carbocycles. The molecule has 5 nitrogen and oxygen atoms in total. The highest BCUT2D eigenvalue weighted by atomic mass is 15.3. The summed E-state index contributed by atoms with van der Waals surface area (Å²) in [5, 5.41) is 7.95. The number of anilines is 1. The van der Waals surface area contributed by atoms with Crippen LogP contribution < -0.4 is 5.32 Å². The number of nitrogens with one attached hydrogen (secondary N) is 1. The first-order chi connectivity index (χ1) is 9.51. The average molecular weight is 273 g/mol. The van der Waals surface area contributed by atoms with Crippen LogP contribution in [0.2, 0.25) is 0 Å². The van der Waals surface area contributed by atoms with E-state index in [9.17, 15) is 0 Å². The van der Waals surface area contributed by atoms with Gasteiger partial charge in [0, 0.05) is 24.0 Å². The zero-order valence-electron chi connectivity index (χ0n) is 12.9. The Morgan fingerprint density at radius 3 is 2.65 bits per heavy atom. The molecular weight excluding hydrogens is 250 g/mol. The van der Waals surface area contributed by atoms with Crippen molar-refractivity contribution in [3.8, 4) is 0 Å². The van der Waals surface area contributed by atoms with Crippen molar-refractivity contribution in [2.45, 2.75) is 47.1 Å². The minimum Gasteiger partial charge on any atom is -0.368 e. The molecule has 108 valence electrons. The van der Waals surface area contributed by atoms with Crippen LogP contribution in [-0.4, -0.2) is 26.3 Å². The molecule has 0 aliphatic rings. The fraction of sp³-hybridized carbons (Fsp3) is 0.533. The topological polar surface area (TPSA) is 55.6 Å². The Morgan fingerprint density at radius 2 is 2.05 bits per heavy atom. The largest absolute Gasteiger partial charge is 0.368 e. The van der Waals surface area contributed by atoms with Gasteiger partial charge in [0.1, 0.15) is 11.6 Å². The highest BCUT2D eigenvalue weighted by Gasteiger charge is 2.11. The second kappa shape index (κ2) is 6.03. The number of aryl methyl sites for hydroxylation is 4. The summed E-state index contributed by atoms with van der Waals surface area (Å²) in [6, 6.07) is 2.38. The number of hydrogen-bond acceptors (Lipinski definition) is 4. The first-order valence-electron chi connectivity index (χ1n) is 7.10. The maximum absolute atomic E-state index is 4.53. The summed E-state index contributed by atoms with van der Waals surface area (Å²) < 4.78 is 2.06. The van der Waals surface area contributed by atoms with E-state index < -0.39 is 0 Å². The lowest BCUT2D eigenvalue weighted by molar-refractivity contribution is 0.497. The highest BCUT2D eigenvalue weighted by molar-refractivity contribution is 5.43. The predicted octanol–water partition coefficient (Wildman–Crippen LogP) is 2.83. The van der Waals surface area contributed by atoms with E-state index in [0.717, 1.165) is 35.9 Å². The van der Waals surface area contributed by atoms with Crippen LogP contribution in [0.15, 0.2) is 12.3 Å². The van der Waals surface area contributed by atoms with Gasteiger partial charge in [-0.3, -0.25) is 4.68 Å². The molecule has 2 aromatic heterocycles.